The fourth-order valence-electron chi connectivity index (χ4n) is 1.13. The minimum absolute atomic E-state index is 0.326. The SMILES string of the molecule is O=C/C=C(/Cl)c1cccc(/C(Cl)=C\C=O)c1. The van der Waals surface area contributed by atoms with Gasteiger partial charge < -0.3 is 0 Å². The van der Waals surface area contributed by atoms with Crippen LogP contribution in [0.1, 0.15) is 11.1 Å². The summed E-state index contributed by atoms with van der Waals surface area (Å²) in [6.07, 6.45) is 3.71. The topological polar surface area (TPSA) is 34.1 Å². The lowest BCUT2D eigenvalue weighted by molar-refractivity contribution is -0.104. The molecule has 0 spiro atoms. The predicted molar refractivity (Wildman–Crippen MR) is 66.2 cm³/mol. The van der Waals surface area contributed by atoms with Gasteiger partial charge in [0.2, 0.25) is 0 Å². The normalized spacial score (nSPS) is 12.4. The maximum absolute atomic E-state index is 10.3. The van der Waals surface area contributed by atoms with Gasteiger partial charge in [0.25, 0.3) is 0 Å². The van der Waals surface area contributed by atoms with E-state index in [1.807, 2.05) is 0 Å². The van der Waals surface area contributed by atoms with Crippen LogP contribution in [0.25, 0.3) is 10.1 Å². The molecule has 2 nitrogen and oxygen atoms in total. The van der Waals surface area contributed by atoms with Gasteiger partial charge in [0, 0.05) is 0 Å². The lowest BCUT2D eigenvalue weighted by Crippen LogP contribution is -1.83. The Labute approximate surface area is 103 Å². The number of allylic oxidation sites excluding steroid dienone is 2. The Hall–Kier alpha value is -1.38. The van der Waals surface area contributed by atoms with Gasteiger partial charge in [-0.1, -0.05) is 41.4 Å². The zero-order valence-corrected chi connectivity index (χ0v) is 9.70. The molecule has 82 valence electrons. The van der Waals surface area contributed by atoms with Gasteiger partial charge in [-0.15, -0.1) is 0 Å². The van der Waals surface area contributed by atoms with Crippen molar-refractivity contribution in [3.8, 4) is 0 Å². The number of rotatable bonds is 4. The Kier molecular flexibility index (Phi) is 4.96. The van der Waals surface area contributed by atoms with Crippen LogP contribution in [0.5, 0.6) is 0 Å². The summed E-state index contributed by atoms with van der Waals surface area (Å²) in [6, 6.07) is 6.94. The first kappa shape index (κ1) is 12.7. The largest absolute Gasteiger partial charge is 0.299 e. The summed E-state index contributed by atoms with van der Waals surface area (Å²) in [6.45, 7) is 0. The van der Waals surface area contributed by atoms with Crippen LogP contribution in [-0.2, 0) is 9.59 Å². The second kappa shape index (κ2) is 6.26. The second-order valence-corrected chi connectivity index (χ2v) is 3.70. The van der Waals surface area contributed by atoms with E-state index in [-0.39, 0.29) is 0 Å². The molecule has 0 aliphatic carbocycles. The molecule has 1 rings (SSSR count). The Morgan fingerprint density at radius 3 is 1.75 bits per heavy atom. The highest BCUT2D eigenvalue weighted by atomic mass is 35.5. The van der Waals surface area contributed by atoms with Crippen molar-refractivity contribution in [2.75, 3.05) is 0 Å². The highest BCUT2D eigenvalue weighted by molar-refractivity contribution is 6.51. The third-order valence-corrected chi connectivity index (χ3v) is 2.53. The van der Waals surface area contributed by atoms with Crippen LogP contribution in [0.2, 0.25) is 0 Å². The quantitative estimate of drug-likeness (QED) is 0.611. The van der Waals surface area contributed by atoms with Crippen molar-refractivity contribution in [3.63, 3.8) is 0 Å². The number of aldehydes is 2. The summed E-state index contributed by atoms with van der Waals surface area (Å²) in [4.78, 5) is 20.5. The maximum Gasteiger partial charge on any atom is 0.144 e. The van der Waals surface area contributed by atoms with Crippen LogP contribution in [0, 0.1) is 0 Å². The Morgan fingerprint density at radius 1 is 0.938 bits per heavy atom. The second-order valence-electron chi connectivity index (χ2n) is 2.88. The summed E-state index contributed by atoms with van der Waals surface area (Å²) in [5.74, 6) is 0. The molecule has 0 N–H and O–H groups in total. The Bertz CT molecular complexity index is 423. The Balaban J connectivity index is 3.13. The van der Waals surface area contributed by atoms with Crippen molar-refractivity contribution in [1.82, 2.24) is 0 Å². The molecule has 16 heavy (non-hydrogen) atoms. The standard InChI is InChI=1S/C12H8Cl2O2/c13-11(4-6-15)9-2-1-3-10(8-9)12(14)5-7-16/h1-8H/b11-4+,12-5+. The fraction of sp³-hybridized carbons (Fsp3) is 0. The molecular weight excluding hydrogens is 247 g/mol. The maximum atomic E-state index is 10.3. The number of carbonyl (C=O) groups is 2. The van der Waals surface area contributed by atoms with Crippen molar-refractivity contribution in [2.24, 2.45) is 0 Å². The predicted octanol–water partition coefficient (Wildman–Crippen LogP) is 3.24. The van der Waals surface area contributed by atoms with E-state index in [1.54, 1.807) is 24.3 Å². The third kappa shape index (κ3) is 3.33. The monoisotopic (exact) mass is 254 g/mol. The summed E-state index contributed by atoms with van der Waals surface area (Å²) >= 11 is 11.7. The zero-order valence-electron chi connectivity index (χ0n) is 8.19. The molecule has 0 aliphatic rings. The van der Waals surface area contributed by atoms with Gasteiger partial charge in [-0.2, -0.15) is 0 Å². The zero-order chi connectivity index (χ0) is 12.0. The molecule has 0 heterocycles. The van der Waals surface area contributed by atoms with Crippen molar-refractivity contribution >= 4 is 45.8 Å². The van der Waals surface area contributed by atoms with Gasteiger partial charge in [0.15, 0.2) is 0 Å². The first-order chi connectivity index (χ1) is 7.69. The molecular formula is C12H8Cl2O2. The molecule has 1 aromatic carbocycles. The molecule has 0 saturated carbocycles. The molecule has 0 amide bonds. The average Bonchev–Trinajstić information content (AvgIpc) is 2.30. The average molecular weight is 255 g/mol. The molecule has 0 bridgehead atoms. The third-order valence-electron chi connectivity index (χ3n) is 1.84. The fourth-order valence-corrected chi connectivity index (χ4v) is 1.47. The molecule has 0 aromatic heterocycles. The molecule has 0 saturated heterocycles. The van der Waals surface area contributed by atoms with Gasteiger partial charge in [-0.3, -0.25) is 9.59 Å². The van der Waals surface area contributed by atoms with E-state index in [0.717, 1.165) is 0 Å². The van der Waals surface area contributed by atoms with E-state index in [0.29, 0.717) is 33.8 Å². The Morgan fingerprint density at radius 2 is 1.38 bits per heavy atom. The summed E-state index contributed by atoms with van der Waals surface area (Å²) in [5, 5.41) is 0.653. The van der Waals surface area contributed by atoms with E-state index in [9.17, 15) is 9.59 Å². The van der Waals surface area contributed by atoms with Crippen LogP contribution in [0.3, 0.4) is 0 Å². The summed E-state index contributed by atoms with van der Waals surface area (Å²) < 4.78 is 0. The lowest BCUT2D eigenvalue weighted by Gasteiger charge is -2.02. The first-order valence-corrected chi connectivity index (χ1v) is 5.17. The minimum atomic E-state index is 0.326. The van der Waals surface area contributed by atoms with E-state index in [1.165, 1.54) is 12.2 Å². The van der Waals surface area contributed by atoms with Gasteiger partial charge in [0.1, 0.15) is 12.6 Å². The molecule has 0 radical (unpaired) electrons. The highest BCUT2D eigenvalue weighted by Crippen LogP contribution is 2.24. The lowest BCUT2D eigenvalue weighted by atomic mass is 10.1. The number of carbonyl (C=O) groups excluding carboxylic acids is 2. The van der Waals surface area contributed by atoms with Crippen LogP contribution in [0.15, 0.2) is 36.4 Å². The molecule has 0 unspecified atom stereocenters. The number of hydrogen-bond donors (Lipinski definition) is 0. The van der Waals surface area contributed by atoms with Gasteiger partial charge in [0.05, 0.1) is 10.1 Å². The van der Waals surface area contributed by atoms with E-state index in [4.69, 9.17) is 23.2 Å². The molecule has 0 atom stereocenters. The van der Waals surface area contributed by atoms with Crippen LogP contribution < -0.4 is 0 Å². The van der Waals surface area contributed by atoms with Crippen molar-refractivity contribution in [1.29, 1.82) is 0 Å². The number of hydrogen-bond acceptors (Lipinski definition) is 2. The minimum Gasteiger partial charge on any atom is -0.299 e. The van der Waals surface area contributed by atoms with Crippen molar-refractivity contribution in [3.05, 3.63) is 47.5 Å². The highest BCUT2D eigenvalue weighted by Gasteiger charge is 2.02. The van der Waals surface area contributed by atoms with Crippen LogP contribution >= 0.6 is 23.2 Å². The summed E-state index contributed by atoms with van der Waals surface area (Å²) in [5.41, 5.74) is 1.34. The molecule has 1 aromatic rings. The van der Waals surface area contributed by atoms with Crippen molar-refractivity contribution < 1.29 is 9.59 Å². The van der Waals surface area contributed by atoms with Crippen LogP contribution in [0.4, 0.5) is 0 Å². The molecule has 4 heteroatoms. The molecule has 0 fully saturated rings. The number of halogens is 2. The van der Waals surface area contributed by atoms with E-state index >= 15 is 0 Å². The van der Waals surface area contributed by atoms with Crippen molar-refractivity contribution in [2.45, 2.75) is 0 Å². The van der Waals surface area contributed by atoms with E-state index in [2.05, 4.69) is 0 Å². The molecule has 0 aliphatic heterocycles. The number of benzene rings is 1. The smallest absolute Gasteiger partial charge is 0.144 e. The van der Waals surface area contributed by atoms with Crippen LogP contribution in [-0.4, -0.2) is 12.6 Å². The van der Waals surface area contributed by atoms with Gasteiger partial charge in [-0.25, -0.2) is 0 Å². The summed E-state index contributed by atoms with van der Waals surface area (Å²) in [7, 11) is 0. The van der Waals surface area contributed by atoms with Gasteiger partial charge in [-0.05, 0) is 29.3 Å². The van der Waals surface area contributed by atoms with E-state index < -0.39 is 0 Å². The van der Waals surface area contributed by atoms with Gasteiger partial charge >= 0.3 is 0 Å². The first-order valence-electron chi connectivity index (χ1n) is 4.41.